The highest BCUT2D eigenvalue weighted by atomic mass is 16.5. The quantitative estimate of drug-likeness (QED) is 0.699. The summed E-state index contributed by atoms with van der Waals surface area (Å²) in [6.45, 7) is 3.40. The van der Waals surface area contributed by atoms with E-state index in [1.807, 2.05) is 42.5 Å². The number of hydrogen-bond acceptors (Lipinski definition) is 5. The lowest BCUT2D eigenvalue weighted by atomic mass is 9.93. The molecule has 0 radical (unpaired) electrons. The van der Waals surface area contributed by atoms with E-state index in [0.29, 0.717) is 31.1 Å². The van der Waals surface area contributed by atoms with Crippen molar-refractivity contribution in [2.24, 2.45) is 0 Å². The van der Waals surface area contributed by atoms with E-state index in [9.17, 15) is 4.79 Å². The SMILES string of the molecule is CCCOc1ccc(COC(=O)C2CCOc3ccccc32)cc1OC. The van der Waals surface area contributed by atoms with Crippen LogP contribution in [0.4, 0.5) is 0 Å². The Bertz CT molecular complexity index is 756. The van der Waals surface area contributed by atoms with Crippen LogP contribution in [-0.2, 0) is 16.1 Å². The van der Waals surface area contributed by atoms with Crippen molar-refractivity contribution < 1.29 is 23.7 Å². The Kier molecular flexibility index (Phi) is 6.00. The van der Waals surface area contributed by atoms with E-state index < -0.39 is 0 Å². The maximum absolute atomic E-state index is 12.6. The number of esters is 1. The molecule has 0 spiro atoms. The third kappa shape index (κ3) is 4.10. The lowest BCUT2D eigenvalue weighted by Crippen LogP contribution is -2.23. The zero-order valence-corrected chi connectivity index (χ0v) is 15.2. The van der Waals surface area contributed by atoms with Gasteiger partial charge >= 0.3 is 5.97 Å². The summed E-state index contributed by atoms with van der Waals surface area (Å²) in [5.74, 6) is 1.59. The van der Waals surface area contributed by atoms with Crippen LogP contribution in [0.15, 0.2) is 42.5 Å². The number of ether oxygens (including phenoxy) is 4. The molecular formula is C21H24O5. The molecule has 0 amide bonds. The predicted molar refractivity (Wildman–Crippen MR) is 97.9 cm³/mol. The van der Waals surface area contributed by atoms with Gasteiger partial charge in [-0.15, -0.1) is 0 Å². The molecule has 0 saturated heterocycles. The van der Waals surface area contributed by atoms with Crippen molar-refractivity contribution >= 4 is 5.97 Å². The monoisotopic (exact) mass is 356 g/mol. The van der Waals surface area contributed by atoms with Gasteiger partial charge in [-0.1, -0.05) is 31.2 Å². The standard InChI is InChI=1S/C21H24O5/c1-3-11-24-19-9-8-15(13-20(19)23-2)14-26-21(22)17-10-12-25-18-7-5-4-6-16(17)18/h4-9,13,17H,3,10-12,14H2,1-2H3. The largest absolute Gasteiger partial charge is 0.493 e. The van der Waals surface area contributed by atoms with E-state index in [1.165, 1.54) is 0 Å². The van der Waals surface area contributed by atoms with Crippen LogP contribution in [0.2, 0.25) is 0 Å². The molecule has 1 aliphatic rings. The molecule has 1 aliphatic heterocycles. The molecule has 2 aromatic carbocycles. The molecule has 138 valence electrons. The summed E-state index contributed by atoms with van der Waals surface area (Å²) in [5.41, 5.74) is 1.75. The van der Waals surface area contributed by atoms with Gasteiger partial charge in [0, 0.05) is 5.56 Å². The Morgan fingerprint density at radius 2 is 2.04 bits per heavy atom. The van der Waals surface area contributed by atoms with Gasteiger partial charge in [-0.2, -0.15) is 0 Å². The summed E-state index contributed by atoms with van der Waals surface area (Å²) in [5, 5.41) is 0. The van der Waals surface area contributed by atoms with Crippen LogP contribution in [0.5, 0.6) is 17.2 Å². The van der Waals surface area contributed by atoms with Gasteiger partial charge in [-0.3, -0.25) is 4.79 Å². The molecule has 0 saturated carbocycles. The maximum Gasteiger partial charge on any atom is 0.314 e. The normalized spacial score (nSPS) is 15.5. The molecule has 5 nitrogen and oxygen atoms in total. The first-order valence-corrected chi connectivity index (χ1v) is 8.91. The Hall–Kier alpha value is -2.69. The second kappa shape index (κ2) is 8.61. The fourth-order valence-electron chi connectivity index (χ4n) is 2.98. The van der Waals surface area contributed by atoms with Crippen molar-refractivity contribution in [1.29, 1.82) is 0 Å². The molecule has 1 heterocycles. The Morgan fingerprint density at radius 1 is 1.19 bits per heavy atom. The average Bonchev–Trinajstić information content (AvgIpc) is 2.70. The first-order chi connectivity index (χ1) is 12.7. The minimum absolute atomic E-state index is 0.197. The van der Waals surface area contributed by atoms with Crippen molar-refractivity contribution in [3.8, 4) is 17.2 Å². The van der Waals surface area contributed by atoms with E-state index in [-0.39, 0.29) is 18.5 Å². The first-order valence-electron chi connectivity index (χ1n) is 8.91. The Labute approximate surface area is 153 Å². The lowest BCUT2D eigenvalue weighted by Gasteiger charge is -2.24. The van der Waals surface area contributed by atoms with E-state index in [0.717, 1.165) is 23.3 Å². The molecule has 26 heavy (non-hydrogen) atoms. The van der Waals surface area contributed by atoms with Gasteiger partial charge < -0.3 is 18.9 Å². The first kappa shape index (κ1) is 18.1. The highest BCUT2D eigenvalue weighted by molar-refractivity contribution is 5.79. The highest BCUT2D eigenvalue weighted by Crippen LogP contribution is 2.34. The van der Waals surface area contributed by atoms with Gasteiger partial charge in [0.1, 0.15) is 12.4 Å². The van der Waals surface area contributed by atoms with Gasteiger partial charge in [0.05, 0.1) is 26.2 Å². The fraction of sp³-hybridized carbons (Fsp3) is 0.381. The number of para-hydroxylation sites is 1. The highest BCUT2D eigenvalue weighted by Gasteiger charge is 2.28. The van der Waals surface area contributed by atoms with E-state index in [1.54, 1.807) is 7.11 Å². The van der Waals surface area contributed by atoms with Crippen LogP contribution in [0.25, 0.3) is 0 Å². The van der Waals surface area contributed by atoms with Gasteiger partial charge in [0.25, 0.3) is 0 Å². The minimum Gasteiger partial charge on any atom is -0.493 e. The lowest BCUT2D eigenvalue weighted by molar-refractivity contribution is -0.147. The van der Waals surface area contributed by atoms with Crippen molar-refractivity contribution in [2.45, 2.75) is 32.3 Å². The number of hydrogen-bond donors (Lipinski definition) is 0. The van der Waals surface area contributed by atoms with E-state index in [2.05, 4.69) is 6.92 Å². The van der Waals surface area contributed by atoms with Gasteiger partial charge in [-0.05, 0) is 36.6 Å². The second-order valence-electron chi connectivity index (χ2n) is 6.17. The van der Waals surface area contributed by atoms with E-state index >= 15 is 0 Å². The zero-order chi connectivity index (χ0) is 18.4. The summed E-state index contributed by atoms with van der Waals surface area (Å²) in [6, 6.07) is 13.2. The molecule has 0 N–H and O–H groups in total. The summed E-state index contributed by atoms with van der Waals surface area (Å²) < 4.78 is 22.2. The smallest absolute Gasteiger partial charge is 0.314 e. The number of carbonyl (C=O) groups is 1. The number of rotatable bonds is 7. The van der Waals surface area contributed by atoms with Crippen LogP contribution >= 0.6 is 0 Å². The molecule has 0 aliphatic carbocycles. The van der Waals surface area contributed by atoms with Crippen LogP contribution in [0, 0.1) is 0 Å². The van der Waals surface area contributed by atoms with Gasteiger partial charge in [0.15, 0.2) is 11.5 Å². The van der Waals surface area contributed by atoms with Crippen molar-refractivity contribution in [2.75, 3.05) is 20.3 Å². The molecule has 5 heteroatoms. The number of carbonyl (C=O) groups excluding carboxylic acids is 1. The third-order valence-corrected chi connectivity index (χ3v) is 4.31. The summed E-state index contributed by atoms with van der Waals surface area (Å²) in [6.07, 6.45) is 1.55. The molecule has 0 aromatic heterocycles. The molecule has 0 bridgehead atoms. The molecule has 1 unspecified atom stereocenters. The molecule has 0 fully saturated rings. The van der Waals surface area contributed by atoms with Crippen LogP contribution in [-0.4, -0.2) is 26.3 Å². The average molecular weight is 356 g/mol. The molecule has 3 rings (SSSR count). The summed E-state index contributed by atoms with van der Waals surface area (Å²) >= 11 is 0. The van der Waals surface area contributed by atoms with E-state index in [4.69, 9.17) is 18.9 Å². The van der Waals surface area contributed by atoms with Crippen molar-refractivity contribution in [1.82, 2.24) is 0 Å². The number of fused-ring (bicyclic) bond motifs is 1. The number of methoxy groups -OCH3 is 1. The summed E-state index contributed by atoms with van der Waals surface area (Å²) in [7, 11) is 1.60. The van der Waals surface area contributed by atoms with Crippen LogP contribution in [0.1, 0.15) is 36.8 Å². The molecule has 1 atom stereocenters. The zero-order valence-electron chi connectivity index (χ0n) is 15.2. The van der Waals surface area contributed by atoms with Crippen LogP contribution in [0.3, 0.4) is 0 Å². The third-order valence-electron chi connectivity index (χ3n) is 4.31. The molecule has 2 aromatic rings. The van der Waals surface area contributed by atoms with Crippen molar-refractivity contribution in [3.63, 3.8) is 0 Å². The summed E-state index contributed by atoms with van der Waals surface area (Å²) in [4.78, 5) is 12.6. The Morgan fingerprint density at radius 3 is 2.85 bits per heavy atom. The van der Waals surface area contributed by atoms with Crippen molar-refractivity contribution in [3.05, 3.63) is 53.6 Å². The predicted octanol–water partition coefficient (Wildman–Crippen LogP) is 4.09. The maximum atomic E-state index is 12.6. The topological polar surface area (TPSA) is 54.0 Å². The van der Waals surface area contributed by atoms with Crippen LogP contribution < -0.4 is 14.2 Å². The molecular weight excluding hydrogens is 332 g/mol. The van der Waals surface area contributed by atoms with Gasteiger partial charge in [0.2, 0.25) is 0 Å². The fourth-order valence-corrected chi connectivity index (χ4v) is 2.98. The minimum atomic E-state index is -0.283. The Balaban J connectivity index is 1.65. The van der Waals surface area contributed by atoms with Gasteiger partial charge in [-0.25, -0.2) is 0 Å². The number of benzene rings is 2. The second-order valence-corrected chi connectivity index (χ2v) is 6.17.